The highest BCUT2D eigenvalue weighted by molar-refractivity contribution is 5.95. The summed E-state index contributed by atoms with van der Waals surface area (Å²) in [5.74, 6) is 0.523. The number of aromatic nitrogens is 1. The van der Waals surface area contributed by atoms with E-state index in [1.807, 2.05) is 25.1 Å². The van der Waals surface area contributed by atoms with Crippen LogP contribution in [0.5, 0.6) is 5.75 Å². The fourth-order valence-corrected chi connectivity index (χ4v) is 3.30. The van der Waals surface area contributed by atoms with Gasteiger partial charge >= 0.3 is 6.18 Å². The van der Waals surface area contributed by atoms with Crippen molar-refractivity contribution >= 4 is 5.91 Å². The Bertz CT molecular complexity index is 1060. The monoisotopic (exact) mass is 402 g/mol. The largest absolute Gasteiger partial charge is 0.490 e. The lowest BCUT2D eigenvalue weighted by Gasteiger charge is -2.12. The van der Waals surface area contributed by atoms with Crippen LogP contribution in [0.2, 0.25) is 0 Å². The van der Waals surface area contributed by atoms with Crippen molar-refractivity contribution in [1.29, 1.82) is 0 Å². The predicted octanol–water partition coefficient (Wildman–Crippen LogP) is 4.61. The minimum atomic E-state index is -4.61. The molecule has 1 atom stereocenters. The quantitative estimate of drug-likeness (QED) is 0.692. The van der Waals surface area contributed by atoms with E-state index in [-0.39, 0.29) is 12.6 Å². The Morgan fingerprint density at radius 3 is 2.79 bits per heavy atom. The Hall–Kier alpha value is -3.29. The van der Waals surface area contributed by atoms with Gasteiger partial charge in [-0.15, -0.1) is 0 Å². The van der Waals surface area contributed by atoms with Crippen LogP contribution in [-0.4, -0.2) is 17.2 Å². The van der Waals surface area contributed by atoms with Gasteiger partial charge in [-0.2, -0.15) is 13.2 Å². The molecule has 0 bridgehead atoms. The van der Waals surface area contributed by atoms with Crippen molar-refractivity contribution in [1.82, 2.24) is 10.5 Å². The first kappa shape index (κ1) is 19.0. The number of halogens is 3. The van der Waals surface area contributed by atoms with Crippen LogP contribution in [0.25, 0.3) is 11.3 Å². The minimum absolute atomic E-state index is 0.0559. The van der Waals surface area contributed by atoms with Crippen molar-refractivity contribution in [3.63, 3.8) is 0 Å². The number of alkyl halides is 3. The normalized spacial score (nSPS) is 15.7. The van der Waals surface area contributed by atoms with Gasteiger partial charge in [-0.1, -0.05) is 17.3 Å². The maximum Gasteiger partial charge on any atom is 0.417 e. The molecule has 29 heavy (non-hydrogen) atoms. The highest BCUT2D eigenvalue weighted by Gasteiger charge is 2.34. The topological polar surface area (TPSA) is 64.4 Å². The molecule has 8 heteroatoms. The van der Waals surface area contributed by atoms with E-state index in [1.165, 1.54) is 12.1 Å². The summed E-state index contributed by atoms with van der Waals surface area (Å²) in [6.45, 7) is 1.94. The second-order valence-corrected chi connectivity index (χ2v) is 6.86. The highest BCUT2D eigenvalue weighted by Crippen LogP contribution is 2.33. The van der Waals surface area contributed by atoms with E-state index >= 15 is 0 Å². The average molecular weight is 402 g/mol. The van der Waals surface area contributed by atoms with Crippen molar-refractivity contribution in [3.8, 4) is 17.1 Å². The fraction of sp³-hybridized carbons (Fsp3) is 0.238. The van der Waals surface area contributed by atoms with E-state index in [4.69, 9.17) is 9.26 Å². The first-order valence-corrected chi connectivity index (χ1v) is 9.01. The third-order valence-corrected chi connectivity index (χ3v) is 4.65. The third kappa shape index (κ3) is 3.96. The predicted molar refractivity (Wildman–Crippen MR) is 98.3 cm³/mol. The van der Waals surface area contributed by atoms with Gasteiger partial charge in [0.25, 0.3) is 5.91 Å². The lowest BCUT2D eigenvalue weighted by atomic mass is 10.1. The van der Waals surface area contributed by atoms with Crippen molar-refractivity contribution in [3.05, 3.63) is 70.9 Å². The second kappa shape index (κ2) is 7.27. The van der Waals surface area contributed by atoms with Gasteiger partial charge < -0.3 is 14.6 Å². The molecule has 1 aliphatic heterocycles. The summed E-state index contributed by atoms with van der Waals surface area (Å²) in [4.78, 5) is 12.2. The summed E-state index contributed by atoms with van der Waals surface area (Å²) in [5, 5.41) is 6.35. The Labute approximate surface area is 164 Å². The number of fused-ring (bicyclic) bond motifs is 1. The average Bonchev–Trinajstić information content (AvgIpc) is 3.30. The van der Waals surface area contributed by atoms with Crippen LogP contribution in [0.4, 0.5) is 13.2 Å². The molecule has 1 aliphatic rings. The Morgan fingerprint density at radius 2 is 2.00 bits per heavy atom. The number of hydrogen-bond acceptors (Lipinski definition) is 4. The highest BCUT2D eigenvalue weighted by atomic mass is 19.4. The van der Waals surface area contributed by atoms with Gasteiger partial charge in [0, 0.05) is 18.1 Å². The summed E-state index contributed by atoms with van der Waals surface area (Å²) in [7, 11) is 0. The molecule has 0 radical (unpaired) electrons. The Morgan fingerprint density at radius 1 is 1.21 bits per heavy atom. The second-order valence-electron chi connectivity index (χ2n) is 6.86. The van der Waals surface area contributed by atoms with Gasteiger partial charge in [-0.3, -0.25) is 4.79 Å². The maximum absolute atomic E-state index is 13.1. The van der Waals surface area contributed by atoms with Gasteiger partial charge in [0.05, 0.1) is 17.7 Å². The van der Waals surface area contributed by atoms with Crippen molar-refractivity contribution < 1.29 is 27.2 Å². The zero-order chi connectivity index (χ0) is 20.6. The van der Waals surface area contributed by atoms with Gasteiger partial charge in [0.1, 0.15) is 17.5 Å². The number of rotatable bonds is 4. The van der Waals surface area contributed by atoms with Gasteiger partial charge in [-0.25, -0.2) is 0 Å². The van der Waals surface area contributed by atoms with Crippen molar-refractivity contribution in [2.75, 3.05) is 0 Å². The van der Waals surface area contributed by atoms with E-state index in [9.17, 15) is 18.0 Å². The number of ether oxygens (including phenoxy) is 1. The number of nitrogens with zero attached hydrogens (tertiary/aromatic N) is 1. The first-order valence-electron chi connectivity index (χ1n) is 9.01. The van der Waals surface area contributed by atoms with Gasteiger partial charge in [0.2, 0.25) is 0 Å². The number of nitrogens with one attached hydrogen (secondary N) is 1. The van der Waals surface area contributed by atoms with Crippen LogP contribution in [0.15, 0.2) is 53.1 Å². The zero-order valence-corrected chi connectivity index (χ0v) is 15.4. The lowest BCUT2D eigenvalue weighted by Crippen LogP contribution is -2.26. The van der Waals surface area contributed by atoms with E-state index in [0.29, 0.717) is 11.5 Å². The molecule has 2 heterocycles. The van der Waals surface area contributed by atoms with E-state index in [1.54, 1.807) is 6.07 Å². The molecule has 5 nitrogen and oxygen atoms in total. The zero-order valence-electron chi connectivity index (χ0n) is 15.4. The van der Waals surface area contributed by atoms with Crippen LogP contribution in [-0.2, 0) is 19.1 Å². The van der Waals surface area contributed by atoms with Crippen LogP contribution in [0.1, 0.15) is 34.1 Å². The number of hydrogen-bond donors (Lipinski definition) is 1. The number of carbonyl (C=O) groups is 1. The third-order valence-electron chi connectivity index (χ3n) is 4.65. The SMILES string of the molecule is CC1Cc2cc(-c3cc(CNC(=O)c4ccccc4C(F)(F)F)no3)ccc2O1. The van der Waals surface area contributed by atoms with Crippen LogP contribution in [0, 0.1) is 0 Å². The van der Waals surface area contributed by atoms with E-state index in [0.717, 1.165) is 35.4 Å². The molecular weight excluding hydrogens is 385 g/mol. The molecule has 1 amide bonds. The molecule has 150 valence electrons. The molecule has 2 aromatic carbocycles. The number of amides is 1. The summed E-state index contributed by atoms with van der Waals surface area (Å²) in [6.07, 6.45) is -3.68. The molecule has 0 aliphatic carbocycles. The molecule has 0 saturated heterocycles. The molecule has 4 rings (SSSR count). The lowest BCUT2D eigenvalue weighted by molar-refractivity contribution is -0.137. The summed E-state index contributed by atoms with van der Waals surface area (Å²) in [6, 6.07) is 12.0. The molecule has 0 saturated carbocycles. The van der Waals surface area contributed by atoms with Crippen LogP contribution < -0.4 is 10.1 Å². The maximum atomic E-state index is 13.1. The van der Waals surface area contributed by atoms with E-state index in [2.05, 4.69) is 10.5 Å². The molecule has 0 fully saturated rings. The van der Waals surface area contributed by atoms with Gasteiger partial charge in [0.15, 0.2) is 5.76 Å². The summed E-state index contributed by atoms with van der Waals surface area (Å²) < 4.78 is 50.2. The Kier molecular flexibility index (Phi) is 4.77. The van der Waals surface area contributed by atoms with Crippen LogP contribution >= 0.6 is 0 Å². The van der Waals surface area contributed by atoms with Crippen molar-refractivity contribution in [2.45, 2.75) is 32.2 Å². The molecule has 0 spiro atoms. The number of carbonyl (C=O) groups excluding carboxylic acids is 1. The van der Waals surface area contributed by atoms with Gasteiger partial charge in [-0.05, 0) is 42.8 Å². The molecule has 3 aromatic rings. The molecule has 1 unspecified atom stereocenters. The molecular formula is C21H17F3N2O3. The number of benzene rings is 2. The fourth-order valence-electron chi connectivity index (χ4n) is 3.30. The smallest absolute Gasteiger partial charge is 0.417 e. The van der Waals surface area contributed by atoms with Crippen LogP contribution in [0.3, 0.4) is 0 Å². The Balaban J connectivity index is 1.46. The molecule has 1 N–H and O–H groups in total. The standard InChI is InChI=1S/C21H17F3N2O3/c1-12-8-14-9-13(6-7-18(14)28-12)19-10-15(26-29-19)11-25-20(27)16-4-2-3-5-17(16)21(22,23)24/h2-7,9-10,12H,8,11H2,1H3,(H,25,27). The summed E-state index contributed by atoms with van der Waals surface area (Å²) >= 11 is 0. The van der Waals surface area contributed by atoms with Crippen molar-refractivity contribution in [2.24, 2.45) is 0 Å². The molecule has 1 aromatic heterocycles. The van der Waals surface area contributed by atoms with E-state index < -0.39 is 23.2 Å². The minimum Gasteiger partial charge on any atom is -0.490 e. The summed E-state index contributed by atoms with van der Waals surface area (Å²) in [5.41, 5.74) is 0.881. The first-order chi connectivity index (χ1) is 13.8.